The van der Waals surface area contributed by atoms with Gasteiger partial charge in [-0.15, -0.1) is 0 Å². The second-order valence-corrected chi connectivity index (χ2v) is 17.9. The van der Waals surface area contributed by atoms with Crippen LogP contribution in [0.4, 0.5) is 22.7 Å². The molecular formula is C34H24LiN6Na3O16S4. The molecule has 4 aromatic carbocycles. The fourth-order valence-corrected chi connectivity index (χ4v) is 8.37. The van der Waals surface area contributed by atoms with Crippen molar-refractivity contribution in [1.82, 2.24) is 0 Å². The summed E-state index contributed by atoms with van der Waals surface area (Å²) in [7, 11) is -18.5. The molecule has 30 heteroatoms. The number of hydrogen-bond acceptors (Lipinski definition) is 22. The average Bonchev–Trinajstić information content (AvgIpc) is 3.14. The van der Waals surface area contributed by atoms with Crippen molar-refractivity contribution < 1.29 is 178 Å². The van der Waals surface area contributed by atoms with Crippen molar-refractivity contribution in [3.05, 3.63) is 92.7 Å². The molecule has 0 fully saturated rings. The number of carbonyl (C=O) groups excluding carboxylic acids is 2. The smallest absolute Gasteiger partial charge is 0.744 e. The van der Waals surface area contributed by atoms with Crippen molar-refractivity contribution in [3.63, 3.8) is 0 Å². The van der Waals surface area contributed by atoms with E-state index in [0.717, 1.165) is 0 Å². The van der Waals surface area contributed by atoms with Gasteiger partial charge in [-0.25, -0.2) is 33.7 Å². The number of Topliss-reactive ketones (excluding diaryl/α,β-unsaturated/α-hetero) is 2. The molecule has 0 bridgehead atoms. The number of anilines is 4. The molecule has 2 aliphatic rings. The molecule has 6 rings (SSSR count). The Hall–Kier alpha value is -2.92. The molecule has 0 saturated heterocycles. The molecule has 4 aromatic rings. The van der Waals surface area contributed by atoms with Crippen molar-refractivity contribution >= 4 is 98.4 Å². The van der Waals surface area contributed by atoms with Gasteiger partial charge in [-0.2, -0.15) is 10.2 Å². The molecule has 6 N–H and O–H groups in total. The van der Waals surface area contributed by atoms with Gasteiger partial charge in [0.15, 0.2) is 0 Å². The number of fused-ring (bicyclic) bond motifs is 2. The Kier molecular flexibility index (Phi) is 19.1. The van der Waals surface area contributed by atoms with Crippen molar-refractivity contribution in [2.24, 2.45) is 10.2 Å². The van der Waals surface area contributed by atoms with E-state index in [1.807, 2.05) is 0 Å². The van der Waals surface area contributed by atoms with Crippen molar-refractivity contribution in [2.75, 3.05) is 36.5 Å². The predicted octanol–water partition coefficient (Wildman–Crippen LogP) is -10.5. The van der Waals surface area contributed by atoms with Crippen LogP contribution in [0.5, 0.6) is 11.5 Å². The predicted molar refractivity (Wildman–Crippen MR) is 209 cm³/mol. The van der Waals surface area contributed by atoms with Crippen molar-refractivity contribution in [1.29, 1.82) is 0 Å². The van der Waals surface area contributed by atoms with Crippen LogP contribution < -0.4 is 139 Å². The zero-order valence-electron chi connectivity index (χ0n) is 34.1. The van der Waals surface area contributed by atoms with Gasteiger partial charge in [-0.1, -0.05) is 12.1 Å². The molecule has 0 aromatic heterocycles. The number of carbonyl (C=O) groups is 2. The molecule has 0 saturated carbocycles. The van der Waals surface area contributed by atoms with Gasteiger partial charge in [0.1, 0.15) is 63.4 Å². The summed E-state index contributed by atoms with van der Waals surface area (Å²) in [6.07, 6.45) is 1.32. The topological polar surface area (TPSA) is 382 Å². The monoisotopic (exact) mass is 976 g/mol. The maximum Gasteiger partial charge on any atom is 1.00 e. The molecule has 0 heterocycles. The van der Waals surface area contributed by atoms with Gasteiger partial charge in [0.2, 0.25) is 11.6 Å². The third-order valence-electron chi connectivity index (χ3n) is 8.70. The van der Waals surface area contributed by atoms with Gasteiger partial charge < -0.3 is 39.2 Å². The standard InChI is InChI=1S/C34H28N6O16S4.Li.3Na/c1-55-25-9-15(3-5-23(25)37-39-31-27(59(49,50)51)11-17-7-19(57(43,44)45)13-21(35)29(17)33(31)41)16-4-6-24(26(10-16)56-2)38-40-32-28(60(52,53)54)12-18-8-20(58(46,47)48)14-22(36)30(18)34(32)42;;;;/h3-14,37-38H,35-36H2,1-2H3,(H,43,44,45)(H,46,47,48)(H,49,50,51)(H,52,53,54);;;;/q;4*+1/p-4/b39-31+,40-32+;;;;. The minimum absolute atomic E-state index is 0. The molecule has 0 amide bonds. The molecule has 0 unspecified atom stereocenters. The third-order valence-corrected chi connectivity index (χ3v) is 12.0. The number of nitrogens with zero attached hydrogens (tertiary/aromatic N) is 2. The number of nitrogens with one attached hydrogen (secondary N) is 2. The van der Waals surface area contributed by atoms with E-state index in [1.54, 1.807) is 0 Å². The van der Waals surface area contributed by atoms with Crippen molar-refractivity contribution in [3.8, 4) is 22.6 Å². The zero-order chi connectivity index (χ0) is 44.3. The second-order valence-electron chi connectivity index (χ2n) is 12.4. The van der Waals surface area contributed by atoms with Crippen LogP contribution in [0.3, 0.4) is 0 Å². The molecule has 0 atom stereocenters. The van der Waals surface area contributed by atoms with E-state index in [1.165, 1.54) is 50.6 Å². The van der Waals surface area contributed by atoms with Crippen molar-refractivity contribution in [2.45, 2.75) is 9.79 Å². The number of rotatable bonds is 11. The van der Waals surface area contributed by atoms with Crippen LogP contribution in [-0.2, 0) is 40.5 Å². The van der Waals surface area contributed by atoms with E-state index in [9.17, 15) is 61.5 Å². The minimum atomic E-state index is -5.43. The summed E-state index contributed by atoms with van der Waals surface area (Å²) in [5.41, 5.74) is 13.1. The Morgan fingerprint density at radius 2 is 0.859 bits per heavy atom. The SMILES string of the molecule is COc1cc(-c2ccc(N/N=C3/C(=O)c4c(N)cc(S(=O)(=O)[O-])cc4C=C3S(=O)(=O)[O-])c(OC)c2)ccc1N/N=C1/C(=O)c2c(N)cc(S(=O)(=O)[O-])cc2C=C1S(=O)(=O)[O-].[Li+].[Na+].[Na+].[Na+]. The van der Waals surface area contributed by atoms with Gasteiger partial charge in [-0.3, -0.25) is 20.4 Å². The van der Waals surface area contributed by atoms with Crippen LogP contribution in [0.2, 0.25) is 0 Å². The molecule has 22 nitrogen and oxygen atoms in total. The zero-order valence-corrected chi connectivity index (χ0v) is 43.4. The molecule has 0 radical (unpaired) electrons. The van der Waals surface area contributed by atoms with Crippen LogP contribution >= 0.6 is 0 Å². The first-order valence-corrected chi connectivity index (χ1v) is 21.7. The van der Waals surface area contributed by atoms with Crippen LogP contribution in [0.1, 0.15) is 31.8 Å². The number of hydrazone groups is 2. The Balaban J connectivity index is 0.00000352. The molecule has 0 spiro atoms. The molecule has 0 aliphatic heterocycles. The van der Waals surface area contributed by atoms with E-state index in [0.29, 0.717) is 47.5 Å². The van der Waals surface area contributed by atoms with Gasteiger partial charge in [0.05, 0.1) is 56.3 Å². The van der Waals surface area contributed by atoms with E-state index < -0.39 is 117 Å². The number of ether oxygens (including phenoxy) is 2. The first-order valence-electron chi connectivity index (χ1n) is 16.1. The number of nitrogens with two attached hydrogens (primary N) is 2. The molecule has 64 heavy (non-hydrogen) atoms. The summed E-state index contributed by atoms with van der Waals surface area (Å²) in [5, 5.41) is 7.69. The Morgan fingerprint density at radius 3 is 1.14 bits per heavy atom. The van der Waals surface area contributed by atoms with Crippen LogP contribution in [0.15, 0.2) is 90.5 Å². The maximum atomic E-state index is 13.4. The first-order chi connectivity index (χ1) is 27.8. The van der Waals surface area contributed by atoms with E-state index in [2.05, 4.69) is 21.1 Å². The van der Waals surface area contributed by atoms with Crippen LogP contribution in [0, 0.1) is 0 Å². The number of methoxy groups -OCH3 is 2. The second kappa shape index (κ2) is 21.4. The fraction of sp³-hybridized carbons (Fsp3) is 0.0588. The molecular weight excluding hydrogens is 953 g/mol. The maximum absolute atomic E-state index is 13.4. The number of nitrogen functional groups attached to an aromatic ring is 2. The van der Waals surface area contributed by atoms with E-state index >= 15 is 0 Å². The van der Waals surface area contributed by atoms with E-state index in [-0.39, 0.29) is 130 Å². The molecule has 2 aliphatic carbocycles. The summed E-state index contributed by atoms with van der Waals surface area (Å²) >= 11 is 0. The van der Waals surface area contributed by atoms with Crippen LogP contribution in [0.25, 0.3) is 23.3 Å². The summed E-state index contributed by atoms with van der Waals surface area (Å²) in [6.45, 7) is 0. The Labute approximate surface area is 443 Å². The largest absolute Gasteiger partial charge is 1.00 e. The fourth-order valence-electron chi connectivity index (χ4n) is 5.99. The van der Waals surface area contributed by atoms with E-state index in [4.69, 9.17) is 20.9 Å². The van der Waals surface area contributed by atoms with Crippen LogP contribution in [-0.4, -0.2) is 89.1 Å². The number of benzene rings is 4. The van der Waals surface area contributed by atoms with Gasteiger partial charge >= 0.3 is 108 Å². The third kappa shape index (κ3) is 12.0. The quantitative estimate of drug-likeness (QED) is 0.0469. The van der Waals surface area contributed by atoms with Gasteiger partial charge in [0, 0.05) is 11.4 Å². The summed E-state index contributed by atoms with van der Waals surface area (Å²) in [5.74, 6) is -2.25. The number of allylic oxidation sites excluding steroid dienone is 2. The molecule has 314 valence electrons. The number of hydrogen-bond donors (Lipinski definition) is 4. The Bertz CT molecular complexity index is 2990. The first kappa shape index (κ1) is 57.2. The summed E-state index contributed by atoms with van der Waals surface area (Å²) in [4.78, 5) is 22.8. The number of ketones is 2. The summed E-state index contributed by atoms with van der Waals surface area (Å²) in [6, 6.07) is 11.5. The minimum Gasteiger partial charge on any atom is -0.744 e. The normalized spacial score (nSPS) is 14.8. The summed E-state index contributed by atoms with van der Waals surface area (Å²) < 4.78 is 153. The van der Waals surface area contributed by atoms with Gasteiger partial charge in [0.25, 0.3) is 0 Å². The Morgan fingerprint density at radius 1 is 0.531 bits per heavy atom. The van der Waals surface area contributed by atoms with Gasteiger partial charge in [-0.05, 0) is 82.9 Å². The average molecular weight is 977 g/mol.